The van der Waals surface area contributed by atoms with Crippen LogP contribution < -0.4 is 16.4 Å². The number of nitrogens with two attached hydrogens (primary N) is 1. The van der Waals surface area contributed by atoms with E-state index in [9.17, 15) is 13.2 Å². The number of nitrogens with zero attached hydrogens (tertiary/aromatic N) is 2. The van der Waals surface area contributed by atoms with E-state index in [1.54, 1.807) is 0 Å². The third-order valence-corrected chi connectivity index (χ3v) is 7.18. The van der Waals surface area contributed by atoms with Crippen molar-refractivity contribution in [3.8, 4) is 0 Å². The topological polar surface area (TPSA) is 75.9 Å². The molecule has 0 spiro atoms. The molecule has 0 radical (unpaired) electrons. The number of rotatable bonds is 4. The molecule has 1 aromatic heterocycles. The van der Waals surface area contributed by atoms with Gasteiger partial charge >= 0.3 is 6.18 Å². The van der Waals surface area contributed by atoms with Crippen LogP contribution >= 0.6 is 11.6 Å². The highest BCUT2D eigenvalue weighted by Gasteiger charge is 2.51. The fourth-order valence-electron chi connectivity index (χ4n) is 6.03. The number of hydrogen-bond acceptors (Lipinski definition) is 5. The Morgan fingerprint density at radius 3 is 2.20 bits per heavy atom. The summed E-state index contributed by atoms with van der Waals surface area (Å²) in [5, 5.41) is 6.61. The van der Waals surface area contributed by atoms with E-state index in [4.69, 9.17) is 17.3 Å². The third kappa shape index (κ3) is 3.55. The molecule has 0 amide bonds. The summed E-state index contributed by atoms with van der Waals surface area (Å²) in [5.74, 6) is 3.03. The number of nitrogens with one attached hydrogen (secondary N) is 2. The van der Waals surface area contributed by atoms with E-state index in [2.05, 4.69) is 20.6 Å². The first kappa shape index (κ1) is 19.7. The normalized spacial score (nSPS) is 29.8. The summed E-state index contributed by atoms with van der Waals surface area (Å²) in [6, 6.07) is 3.10. The van der Waals surface area contributed by atoms with Gasteiger partial charge in [-0.25, -0.2) is 9.97 Å². The van der Waals surface area contributed by atoms with Crippen molar-refractivity contribution in [2.45, 2.75) is 50.2 Å². The first-order chi connectivity index (χ1) is 14.2. The SMILES string of the molecule is Nc1c(Nc2cc(C(F)(F)F)ccc2Cl)ncnc1NC12CC3CC(CC(C3)C1)C2. The van der Waals surface area contributed by atoms with Gasteiger partial charge in [0, 0.05) is 5.54 Å². The Labute approximate surface area is 177 Å². The Kier molecular flexibility index (Phi) is 4.54. The summed E-state index contributed by atoms with van der Waals surface area (Å²) >= 11 is 6.10. The number of benzene rings is 1. The van der Waals surface area contributed by atoms with E-state index in [0.29, 0.717) is 5.82 Å². The summed E-state index contributed by atoms with van der Waals surface area (Å²) in [7, 11) is 0. The Morgan fingerprint density at radius 2 is 1.60 bits per heavy atom. The third-order valence-electron chi connectivity index (χ3n) is 6.85. The molecule has 4 saturated carbocycles. The van der Waals surface area contributed by atoms with Crippen molar-refractivity contribution in [2.75, 3.05) is 16.4 Å². The molecule has 1 heterocycles. The first-order valence-electron chi connectivity index (χ1n) is 10.2. The zero-order chi connectivity index (χ0) is 21.1. The van der Waals surface area contributed by atoms with E-state index < -0.39 is 11.7 Å². The number of nitrogen functional groups attached to an aromatic ring is 1. The molecule has 160 valence electrons. The number of hydrogen-bond donors (Lipinski definition) is 3. The maximum absolute atomic E-state index is 13.1. The Hall–Kier alpha value is -2.22. The van der Waals surface area contributed by atoms with Gasteiger partial charge < -0.3 is 16.4 Å². The van der Waals surface area contributed by atoms with Gasteiger partial charge in [0.2, 0.25) is 0 Å². The van der Waals surface area contributed by atoms with Crippen LogP contribution in [-0.2, 0) is 6.18 Å². The van der Waals surface area contributed by atoms with Gasteiger partial charge in [-0.15, -0.1) is 0 Å². The van der Waals surface area contributed by atoms with Crippen molar-refractivity contribution in [2.24, 2.45) is 17.8 Å². The Bertz CT molecular complexity index is 942. The van der Waals surface area contributed by atoms with Gasteiger partial charge in [-0.05, 0) is 74.5 Å². The summed E-state index contributed by atoms with van der Waals surface area (Å²) in [4.78, 5) is 8.47. The van der Waals surface area contributed by atoms with Crippen LogP contribution in [0.1, 0.15) is 44.1 Å². The summed E-state index contributed by atoms with van der Waals surface area (Å²) in [6.45, 7) is 0. The van der Waals surface area contributed by atoms with Gasteiger partial charge in [0.25, 0.3) is 0 Å². The maximum atomic E-state index is 13.1. The molecule has 9 heteroatoms. The lowest BCUT2D eigenvalue weighted by Gasteiger charge is -2.57. The number of aromatic nitrogens is 2. The predicted molar refractivity (Wildman–Crippen MR) is 111 cm³/mol. The van der Waals surface area contributed by atoms with E-state index in [1.807, 2.05) is 0 Å². The van der Waals surface area contributed by atoms with E-state index in [-0.39, 0.29) is 27.8 Å². The van der Waals surface area contributed by atoms with Crippen LogP contribution in [0.5, 0.6) is 0 Å². The zero-order valence-corrected chi connectivity index (χ0v) is 17.0. The van der Waals surface area contributed by atoms with Crippen LogP contribution in [0.4, 0.5) is 36.2 Å². The minimum Gasteiger partial charge on any atom is -0.393 e. The quantitative estimate of drug-likeness (QED) is 0.559. The van der Waals surface area contributed by atoms with Crippen LogP contribution in [0.3, 0.4) is 0 Å². The average molecular weight is 438 g/mol. The van der Waals surface area contributed by atoms with Crippen molar-refractivity contribution in [3.63, 3.8) is 0 Å². The van der Waals surface area contributed by atoms with E-state index in [0.717, 1.165) is 49.1 Å². The van der Waals surface area contributed by atoms with Crippen LogP contribution in [-0.4, -0.2) is 15.5 Å². The molecule has 4 aliphatic rings. The van der Waals surface area contributed by atoms with Crippen LogP contribution in [0.2, 0.25) is 5.02 Å². The van der Waals surface area contributed by atoms with Crippen molar-refractivity contribution in [1.82, 2.24) is 9.97 Å². The maximum Gasteiger partial charge on any atom is 0.416 e. The lowest BCUT2D eigenvalue weighted by molar-refractivity contribution is -0.137. The second kappa shape index (κ2) is 6.90. The monoisotopic (exact) mass is 437 g/mol. The molecule has 5 nitrogen and oxygen atoms in total. The fraction of sp³-hybridized carbons (Fsp3) is 0.524. The van der Waals surface area contributed by atoms with Crippen molar-refractivity contribution < 1.29 is 13.2 Å². The molecule has 30 heavy (non-hydrogen) atoms. The molecule has 0 atom stereocenters. The largest absolute Gasteiger partial charge is 0.416 e. The Balaban J connectivity index is 1.41. The molecular weight excluding hydrogens is 415 g/mol. The van der Waals surface area contributed by atoms with Crippen LogP contribution in [0, 0.1) is 17.8 Å². The van der Waals surface area contributed by atoms with Crippen molar-refractivity contribution in [1.29, 1.82) is 0 Å². The van der Waals surface area contributed by atoms with Crippen molar-refractivity contribution >= 4 is 34.6 Å². The summed E-state index contributed by atoms with van der Waals surface area (Å²) in [6.07, 6.45) is 4.20. The molecule has 0 unspecified atom stereocenters. The second-order valence-corrected chi connectivity index (χ2v) is 9.53. The molecule has 6 rings (SSSR count). The fourth-order valence-corrected chi connectivity index (χ4v) is 6.20. The minimum absolute atomic E-state index is 0.00232. The second-order valence-electron chi connectivity index (χ2n) is 9.12. The van der Waals surface area contributed by atoms with Gasteiger partial charge in [0.1, 0.15) is 12.0 Å². The van der Waals surface area contributed by atoms with Gasteiger partial charge in [0.15, 0.2) is 11.6 Å². The molecule has 0 aliphatic heterocycles. The summed E-state index contributed by atoms with van der Waals surface area (Å²) in [5.41, 5.74) is 5.90. The highest BCUT2D eigenvalue weighted by Crippen LogP contribution is 2.56. The molecule has 4 fully saturated rings. The predicted octanol–water partition coefficient (Wildman–Crippen LogP) is 5.86. The van der Waals surface area contributed by atoms with Gasteiger partial charge in [-0.2, -0.15) is 13.2 Å². The van der Waals surface area contributed by atoms with Crippen LogP contribution in [0.25, 0.3) is 0 Å². The molecule has 2 aromatic rings. The van der Waals surface area contributed by atoms with Crippen molar-refractivity contribution in [3.05, 3.63) is 35.1 Å². The van der Waals surface area contributed by atoms with E-state index in [1.165, 1.54) is 31.7 Å². The zero-order valence-electron chi connectivity index (χ0n) is 16.3. The van der Waals surface area contributed by atoms with Crippen LogP contribution in [0.15, 0.2) is 24.5 Å². The molecule has 1 aromatic carbocycles. The first-order valence-corrected chi connectivity index (χ1v) is 10.6. The highest BCUT2D eigenvalue weighted by atomic mass is 35.5. The molecular formula is C21H23ClF3N5. The smallest absolute Gasteiger partial charge is 0.393 e. The average Bonchev–Trinajstić information content (AvgIpc) is 2.64. The lowest BCUT2D eigenvalue weighted by Crippen LogP contribution is -2.55. The van der Waals surface area contributed by atoms with Gasteiger partial charge in [0.05, 0.1) is 16.3 Å². The van der Waals surface area contributed by atoms with E-state index >= 15 is 0 Å². The summed E-state index contributed by atoms with van der Waals surface area (Å²) < 4.78 is 39.2. The van der Waals surface area contributed by atoms with Gasteiger partial charge in [-0.1, -0.05) is 11.6 Å². The molecule has 4 bridgehead atoms. The minimum atomic E-state index is -4.47. The highest BCUT2D eigenvalue weighted by molar-refractivity contribution is 6.33. The lowest BCUT2D eigenvalue weighted by atomic mass is 9.53. The molecule has 4 aliphatic carbocycles. The molecule has 4 N–H and O–H groups in total. The number of alkyl halides is 3. The van der Waals surface area contributed by atoms with Gasteiger partial charge in [-0.3, -0.25) is 0 Å². The molecule has 0 saturated heterocycles. The standard InChI is InChI=1S/C21H23ClF3N5/c22-15-2-1-14(21(23,24)25)6-16(15)29-18-17(26)19(28-10-27-18)30-20-7-11-3-12(8-20)5-13(4-11)9-20/h1-2,6,10-13H,3-5,7-9,26H2,(H2,27,28,29,30). The number of anilines is 4. The Morgan fingerprint density at radius 1 is 1.00 bits per heavy atom. The number of halogens is 4.